The Morgan fingerprint density at radius 3 is 1.87 bits per heavy atom. The zero-order chi connectivity index (χ0) is 21.4. The molecule has 0 aliphatic carbocycles. The minimum atomic E-state index is -4.31. The number of hydrogen-bond acceptors (Lipinski definition) is 7. The average molecular weight is 426 g/mol. The van der Waals surface area contributed by atoms with E-state index in [2.05, 4.69) is 9.22 Å². The smallest absolute Gasteiger partial charge is 0.382 e. The van der Waals surface area contributed by atoms with E-state index in [4.69, 9.17) is 9.47 Å². The Hall–Kier alpha value is -3.62. The lowest BCUT2D eigenvalue weighted by Gasteiger charge is -2.14. The van der Waals surface area contributed by atoms with Crippen LogP contribution in [-0.2, 0) is 28.9 Å². The number of para-hydroxylation sites is 1. The van der Waals surface area contributed by atoms with Crippen LogP contribution in [0.2, 0.25) is 0 Å². The summed E-state index contributed by atoms with van der Waals surface area (Å²) in [6, 6.07) is 24.3. The van der Waals surface area contributed by atoms with Crippen LogP contribution in [0.1, 0.15) is 5.56 Å². The number of rotatable bonds is 8. The minimum Gasteiger partial charge on any atom is -0.468 e. The minimum absolute atomic E-state index is 0.148. The van der Waals surface area contributed by atoms with Gasteiger partial charge in [-0.25, -0.2) is 4.79 Å². The molecule has 3 rings (SSSR count). The van der Waals surface area contributed by atoms with Crippen molar-refractivity contribution in [2.24, 2.45) is 0 Å². The molecule has 0 heterocycles. The largest absolute Gasteiger partial charge is 0.468 e. The SMILES string of the molecule is COC(Oc1ccccc1)=C(C(=O)OOS(=O)(=O)c1ccccc1)c1ccccc1. The van der Waals surface area contributed by atoms with E-state index in [0.717, 1.165) is 0 Å². The van der Waals surface area contributed by atoms with E-state index >= 15 is 0 Å². The lowest BCUT2D eigenvalue weighted by atomic mass is 10.1. The Balaban J connectivity index is 1.91. The van der Waals surface area contributed by atoms with Gasteiger partial charge in [-0.05, 0) is 34.2 Å². The highest BCUT2D eigenvalue weighted by Crippen LogP contribution is 2.25. The normalized spacial score (nSPS) is 11.9. The summed E-state index contributed by atoms with van der Waals surface area (Å²) in [5, 5.41) is 0. The molecule has 8 heteroatoms. The van der Waals surface area contributed by atoms with Gasteiger partial charge in [0.2, 0.25) is 0 Å². The van der Waals surface area contributed by atoms with Gasteiger partial charge in [0.25, 0.3) is 5.95 Å². The quantitative estimate of drug-likeness (QED) is 0.233. The molecule has 0 radical (unpaired) electrons. The van der Waals surface area contributed by atoms with Crippen molar-refractivity contribution in [3.05, 3.63) is 103 Å². The Morgan fingerprint density at radius 2 is 1.30 bits per heavy atom. The predicted molar refractivity (Wildman–Crippen MR) is 108 cm³/mol. The van der Waals surface area contributed by atoms with Gasteiger partial charge < -0.3 is 9.47 Å². The molecule has 0 fully saturated rings. The topological polar surface area (TPSA) is 88.1 Å². The Morgan fingerprint density at radius 1 is 0.767 bits per heavy atom. The van der Waals surface area contributed by atoms with E-state index in [-0.39, 0.29) is 16.4 Å². The van der Waals surface area contributed by atoms with Crippen molar-refractivity contribution in [2.75, 3.05) is 7.11 Å². The number of ether oxygens (including phenoxy) is 2. The first-order chi connectivity index (χ1) is 14.5. The van der Waals surface area contributed by atoms with Gasteiger partial charge in [0.1, 0.15) is 5.75 Å². The highest BCUT2D eigenvalue weighted by atomic mass is 32.2. The van der Waals surface area contributed by atoms with Crippen LogP contribution in [-0.4, -0.2) is 21.5 Å². The van der Waals surface area contributed by atoms with Gasteiger partial charge in [-0.15, -0.1) is 0 Å². The third kappa shape index (κ3) is 5.25. The maximum absolute atomic E-state index is 12.8. The van der Waals surface area contributed by atoms with Crippen molar-refractivity contribution in [3.63, 3.8) is 0 Å². The zero-order valence-electron chi connectivity index (χ0n) is 15.9. The molecule has 154 valence electrons. The van der Waals surface area contributed by atoms with Gasteiger partial charge in [0.05, 0.1) is 12.0 Å². The number of benzene rings is 3. The average Bonchev–Trinajstić information content (AvgIpc) is 2.79. The van der Waals surface area contributed by atoms with Crippen LogP contribution in [0.5, 0.6) is 5.75 Å². The highest BCUT2D eigenvalue weighted by molar-refractivity contribution is 7.86. The maximum Gasteiger partial charge on any atom is 0.382 e. The number of methoxy groups -OCH3 is 1. The molecule has 0 atom stereocenters. The van der Waals surface area contributed by atoms with Crippen molar-refractivity contribution >= 4 is 21.7 Å². The van der Waals surface area contributed by atoms with Gasteiger partial charge in [-0.3, -0.25) is 4.89 Å². The van der Waals surface area contributed by atoms with Crippen molar-refractivity contribution in [3.8, 4) is 5.75 Å². The summed E-state index contributed by atoms with van der Waals surface area (Å²) in [5.41, 5.74) is 0.237. The summed E-state index contributed by atoms with van der Waals surface area (Å²) in [7, 11) is -2.99. The molecule has 0 unspecified atom stereocenters. The molecule has 3 aromatic carbocycles. The number of hydrogen-bond donors (Lipinski definition) is 0. The summed E-state index contributed by atoms with van der Waals surface area (Å²) in [6.07, 6.45) is 0. The summed E-state index contributed by atoms with van der Waals surface area (Å²) in [4.78, 5) is 17.3. The van der Waals surface area contributed by atoms with Gasteiger partial charge in [0.15, 0.2) is 5.57 Å². The lowest BCUT2D eigenvalue weighted by Crippen LogP contribution is -2.16. The Kier molecular flexibility index (Phi) is 6.84. The monoisotopic (exact) mass is 426 g/mol. The first kappa shape index (κ1) is 21.1. The molecule has 0 bridgehead atoms. The zero-order valence-corrected chi connectivity index (χ0v) is 16.7. The maximum atomic E-state index is 12.8. The fourth-order valence-electron chi connectivity index (χ4n) is 2.46. The molecular weight excluding hydrogens is 408 g/mol. The fourth-order valence-corrected chi connectivity index (χ4v) is 3.18. The molecule has 0 saturated heterocycles. The third-order valence-electron chi connectivity index (χ3n) is 3.84. The van der Waals surface area contributed by atoms with Gasteiger partial charge in [-0.1, -0.05) is 66.7 Å². The van der Waals surface area contributed by atoms with Crippen molar-refractivity contribution < 1.29 is 31.9 Å². The van der Waals surface area contributed by atoms with Gasteiger partial charge in [0, 0.05) is 0 Å². The van der Waals surface area contributed by atoms with E-state index in [1.54, 1.807) is 66.7 Å². The highest BCUT2D eigenvalue weighted by Gasteiger charge is 2.26. The van der Waals surface area contributed by atoms with E-state index in [9.17, 15) is 13.2 Å². The molecule has 0 N–H and O–H groups in total. The Bertz CT molecular complexity index is 1110. The summed E-state index contributed by atoms with van der Waals surface area (Å²) in [5.74, 6) is -0.875. The van der Waals surface area contributed by atoms with Crippen LogP contribution >= 0.6 is 0 Å². The second kappa shape index (κ2) is 9.73. The first-order valence-electron chi connectivity index (χ1n) is 8.78. The molecule has 0 aliphatic heterocycles. The molecule has 0 spiro atoms. The van der Waals surface area contributed by atoms with E-state index in [1.807, 2.05) is 0 Å². The standard InChI is InChI=1S/C22H18O7S/c1-26-22(27-18-13-7-3-8-14-18)20(17-11-5-2-6-12-17)21(23)28-29-30(24,25)19-15-9-4-10-16-19/h2-16H,1H3. The number of carbonyl (C=O) groups excluding carboxylic acids is 1. The van der Waals surface area contributed by atoms with Crippen LogP contribution in [0.25, 0.3) is 5.57 Å². The van der Waals surface area contributed by atoms with Gasteiger partial charge in [-0.2, -0.15) is 8.42 Å². The molecule has 30 heavy (non-hydrogen) atoms. The molecule has 0 aromatic heterocycles. The van der Waals surface area contributed by atoms with Gasteiger partial charge >= 0.3 is 16.1 Å². The van der Waals surface area contributed by atoms with Crippen LogP contribution in [0.15, 0.2) is 102 Å². The second-order valence-corrected chi connectivity index (χ2v) is 7.37. The fraction of sp³-hybridized carbons (Fsp3) is 0.0455. The van der Waals surface area contributed by atoms with Crippen LogP contribution in [0, 0.1) is 0 Å². The van der Waals surface area contributed by atoms with E-state index in [1.165, 1.54) is 31.4 Å². The summed E-state index contributed by atoms with van der Waals surface area (Å²) in [6.45, 7) is 0. The molecule has 0 aliphatic rings. The third-order valence-corrected chi connectivity index (χ3v) is 4.94. The molecule has 0 saturated carbocycles. The lowest BCUT2D eigenvalue weighted by molar-refractivity contribution is -0.203. The Labute approximate surface area is 174 Å². The van der Waals surface area contributed by atoms with Crippen molar-refractivity contribution in [1.82, 2.24) is 0 Å². The van der Waals surface area contributed by atoms with Crippen molar-refractivity contribution in [1.29, 1.82) is 0 Å². The number of carbonyl (C=O) groups is 1. The molecular formula is C22H18O7S. The van der Waals surface area contributed by atoms with E-state index < -0.39 is 16.1 Å². The first-order valence-corrected chi connectivity index (χ1v) is 10.2. The molecule has 7 nitrogen and oxygen atoms in total. The molecule has 0 amide bonds. The van der Waals surface area contributed by atoms with E-state index in [0.29, 0.717) is 11.3 Å². The summed E-state index contributed by atoms with van der Waals surface area (Å²) >= 11 is 0. The molecule has 3 aromatic rings. The summed E-state index contributed by atoms with van der Waals surface area (Å²) < 4.78 is 39.9. The van der Waals surface area contributed by atoms with Crippen LogP contribution in [0.4, 0.5) is 0 Å². The second-order valence-electron chi connectivity index (χ2n) is 5.85. The predicted octanol–water partition coefficient (Wildman–Crippen LogP) is 3.94. The van der Waals surface area contributed by atoms with Crippen molar-refractivity contribution in [2.45, 2.75) is 4.90 Å². The van der Waals surface area contributed by atoms with Crippen LogP contribution < -0.4 is 4.74 Å². The van der Waals surface area contributed by atoms with Crippen LogP contribution in [0.3, 0.4) is 0 Å².